The number of rotatable bonds is 5. The number of hydrogen-bond donors (Lipinski definition) is 2. The molecule has 0 unspecified atom stereocenters. The Morgan fingerprint density at radius 3 is 2.72 bits per heavy atom. The number of nitro benzene ring substituents is 1. The highest BCUT2D eigenvalue weighted by atomic mass is 32.2. The number of aromatic amines is 1. The van der Waals surface area contributed by atoms with Crippen molar-refractivity contribution in [3.05, 3.63) is 70.4 Å². The Bertz CT molecular complexity index is 1090. The van der Waals surface area contributed by atoms with Crippen LogP contribution in [0.4, 0.5) is 5.69 Å². The van der Waals surface area contributed by atoms with Crippen LogP contribution in [-0.2, 0) is 10.0 Å². The molecule has 0 aliphatic carbocycles. The molecule has 2 N–H and O–H groups in total. The maximum atomic E-state index is 12.3. The van der Waals surface area contributed by atoms with E-state index in [1.165, 1.54) is 18.2 Å². The van der Waals surface area contributed by atoms with Crippen molar-refractivity contribution in [1.82, 2.24) is 9.82 Å². The number of nitrogens with zero attached hydrogens (tertiary/aromatic N) is 2. The number of hydrogen-bond acceptors (Lipinski definition) is 5. The molecule has 1 aromatic heterocycles. The maximum Gasteiger partial charge on any atom is 0.276 e. The van der Waals surface area contributed by atoms with Gasteiger partial charge >= 0.3 is 0 Å². The molecule has 3 rings (SSSR count). The lowest BCUT2D eigenvalue weighted by molar-refractivity contribution is -0.385. The van der Waals surface area contributed by atoms with Crippen LogP contribution in [0.5, 0.6) is 0 Å². The minimum Gasteiger partial charge on any atom is -0.360 e. The van der Waals surface area contributed by atoms with Crippen molar-refractivity contribution in [1.29, 1.82) is 0 Å². The van der Waals surface area contributed by atoms with Gasteiger partial charge in [0.25, 0.3) is 15.7 Å². The average Bonchev–Trinajstić information content (AvgIpc) is 3.04. The predicted octanol–water partition coefficient (Wildman–Crippen LogP) is 2.78. The summed E-state index contributed by atoms with van der Waals surface area (Å²) < 4.78 is 24.6. The monoisotopic (exact) mass is 358 g/mol. The minimum atomic E-state index is -4.01. The van der Waals surface area contributed by atoms with Crippen LogP contribution in [0.1, 0.15) is 12.5 Å². The van der Waals surface area contributed by atoms with E-state index in [0.717, 1.165) is 22.5 Å². The quantitative estimate of drug-likeness (QED) is 0.414. The predicted molar refractivity (Wildman–Crippen MR) is 93.9 cm³/mol. The number of non-ortho nitro benzene ring substituents is 1. The second-order valence-corrected chi connectivity index (χ2v) is 6.96. The van der Waals surface area contributed by atoms with Gasteiger partial charge in [0.2, 0.25) is 0 Å². The van der Waals surface area contributed by atoms with Crippen LogP contribution < -0.4 is 4.83 Å². The van der Waals surface area contributed by atoms with Gasteiger partial charge in [-0.3, -0.25) is 10.1 Å². The molecule has 0 amide bonds. The number of sulfonamides is 1. The van der Waals surface area contributed by atoms with Gasteiger partial charge in [0, 0.05) is 34.8 Å². The van der Waals surface area contributed by atoms with Gasteiger partial charge in [0.15, 0.2) is 0 Å². The fourth-order valence-corrected chi connectivity index (χ4v) is 3.27. The van der Waals surface area contributed by atoms with E-state index in [4.69, 9.17) is 0 Å². The molecule has 1 heterocycles. The number of fused-ring (bicyclic) bond motifs is 1. The number of hydrazone groups is 1. The van der Waals surface area contributed by atoms with Crippen molar-refractivity contribution in [3.63, 3.8) is 0 Å². The SMILES string of the molecule is CC(=NNS(=O)(=O)c1cccc([N+](=O)[O-])c1)c1c[nH]c2ccccc12. The molecule has 8 nitrogen and oxygen atoms in total. The Hall–Kier alpha value is -3.20. The van der Waals surface area contributed by atoms with E-state index < -0.39 is 14.9 Å². The third kappa shape index (κ3) is 3.36. The Labute approximate surface area is 143 Å². The van der Waals surface area contributed by atoms with E-state index in [0.29, 0.717) is 5.71 Å². The summed E-state index contributed by atoms with van der Waals surface area (Å²) in [5.41, 5.74) is 1.83. The van der Waals surface area contributed by atoms with E-state index in [-0.39, 0.29) is 10.6 Å². The molecule has 0 atom stereocenters. The molecule has 0 bridgehead atoms. The summed E-state index contributed by atoms with van der Waals surface area (Å²) >= 11 is 0. The fourth-order valence-electron chi connectivity index (χ4n) is 2.38. The lowest BCUT2D eigenvalue weighted by Crippen LogP contribution is -2.20. The number of benzene rings is 2. The highest BCUT2D eigenvalue weighted by molar-refractivity contribution is 7.89. The minimum absolute atomic E-state index is 0.225. The van der Waals surface area contributed by atoms with Crippen molar-refractivity contribution < 1.29 is 13.3 Å². The average molecular weight is 358 g/mol. The standard InChI is InChI=1S/C16H14N4O4S/c1-11(15-10-17-16-8-3-2-7-14(15)16)18-19-25(23,24)13-6-4-5-12(9-13)20(21)22/h2-10,17,19H,1H3. The highest BCUT2D eigenvalue weighted by Gasteiger charge is 2.17. The Morgan fingerprint density at radius 2 is 1.96 bits per heavy atom. The third-order valence-electron chi connectivity index (χ3n) is 3.65. The molecule has 0 fully saturated rings. The molecule has 0 saturated carbocycles. The summed E-state index contributed by atoms with van der Waals surface area (Å²) in [5, 5.41) is 15.6. The van der Waals surface area contributed by atoms with Gasteiger partial charge < -0.3 is 4.98 Å². The molecular weight excluding hydrogens is 344 g/mol. The highest BCUT2D eigenvalue weighted by Crippen LogP contribution is 2.19. The van der Waals surface area contributed by atoms with Crippen LogP contribution in [0.2, 0.25) is 0 Å². The van der Waals surface area contributed by atoms with Crippen molar-refractivity contribution in [2.75, 3.05) is 0 Å². The molecule has 2 aromatic carbocycles. The maximum absolute atomic E-state index is 12.3. The first-order valence-corrected chi connectivity index (χ1v) is 8.74. The van der Waals surface area contributed by atoms with Crippen molar-refractivity contribution >= 4 is 32.3 Å². The second kappa shape index (κ2) is 6.36. The lowest BCUT2D eigenvalue weighted by atomic mass is 10.1. The number of para-hydroxylation sites is 1. The summed E-state index contributed by atoms with van der Waals surface area (Å²) in [6.07, 6.45) is 1.74. The first kappa shape index (κ1) is 16.7. The molecule has 0 saturated heterocycles. The van der Waals surface area contributed by atoms with E-state index in [1.54, 1.807) is 13.1 Å². The summed E-state index contributed by atoms with van der Waals surface area (Å²) in [7, 11) is -4.01. The van der Waals surface area contributed by atoms with Crippen LogP contribution in [0.15, 0.2) is 64.7 Å². The van der Waals surface area contributed by atoms with Gasteiger partial charge in [-0.1, -0.05) is 24.3 Å². The van der Waals surface area contributed by atoms with Gasteiger partial charge in [-0.05, 0) is 19.1 Å². The molecule has 0 aliphatic rings. The molecule has 0 aliphatic heterocycles. The van der Waals surface area contributed by atoms with Crippen LogP contribution in [0, 0.1) is 10.1 Å². The normalized spacial score (nSPS) is 12.3. The van der Waals surface area contributed by atoms with Gasteiger partial charge in [-0.15, -0.1) is 0 Å². The molecular formula is C16H14N4O4S. The van der Waals surface area contributed by atoms with Crippen LogP contribution >= 0.6 is 0 Å². The van der Waals surface area contributed by atoms with Crippen LogP contribution in [0.3, 0.4) is 0 Å². The molecule has 0 radical (unpaired) electrons. The third-order valence-corrected chi connectivity index (χ3v) is 4.86. The molecule has 0 spiro atoms. The van der Waals surface area contributed by atoms with Crippen LogP contribution in [0.25, 0.3) is 10.9 Å². The van der Waals surface area contributed by atoms with E-state index >= 15 is 0 Å². The zero-order chi connectivity index (χ0) is 18.0. The van der Waals surface area contributed by atoms with Gasteiger partial charge in [0.1, 0.15) is 0 Å². The summed E-state index contributed by atoms with van der Waals surface area (Å²) in [6, 6.07) is 12.3. The fraction of sp³-hybridized carbons (Fsp3) is 0.0625. The van der Waals surface area contributed by atoms with Crippen LogP contribution in [-0.4, -0.2) is 24.0 Å². The molecule has 128 valence electrons. The second-order valence-electron chi connectivity index (χ2n) is 5.29. The summed E-state index contributed by atoms with van der Waals surface area (Å²) in [6.45, 7) is 1.67. The Morgan fingerprint density at radius 1 is 1.20 bits per heavy atom. The van der Waals surface area contributed by atoms with Crippen molar-refractivity contribution in [3.8, 4) is 0 Å². The van der Waals surface area contributed by atoms with Gasteiger partial charge in [-0.2, -0.15) is 18.4 Å². The largest absolute Gasteiger partial charge is 0.360 e. The Balaban J connectivity index is 1.89. The first-order chi connectivity index (χ1) is 11.9. The van der Waals surface area contributed by atoms with E-state index in [2.05, 4.69) is 14.9 Å². The molecule has 9 heteroatoms. The first-order valence-electron chi connectivity index (χ1n) is 7.25. The van der Waals surface area contributed by atoms with Gasteiger partial charge in [0.05, 0.1) is 15.5 Å². The number of nitro groups is 1. The van der Waals surface area contributed by atoms with E-state index in [9.17, 15) is 18.5 Å². The van der Waals surface area contributed by atoms with Crippen molar-refractivity contribution in [2.24, 2.45) is 5.10 Å². The topological polar surface area (TPSA) is 117 Å². The zero-order valence-corrected chi connectivity index (χ0v) is 13.9. The summed E-state index contributed by atoms with van der Waals surface area (Å²) in [4.78, 5) is 15.1. The Kier molecular flexibility index (Phi) is 4.24. The van der Waals surface area contributed by atoms with Crippen molar-refractivity contribution in [2.45, 2.75) is 11.8 Å². The molecule has 3 aromatic rings. The zero-order valence-electron chi connectivity index (χ0n) is 13.1. The number of H-pyrrole nitrogens is 1. The van der Waals surface area contributed by atoms with Gasteiger partial charge in [-0.25, -0.2) is 0 Å². The molecule has 25 heavy (non-hydrogen) atoms. The number of aromatic nitrogens is 1. The lowest BCUT2D eigenvalue weighted by Gasteiger charge is -2.05. The summed E-state index contributed by atoms with van der Waals surface area (Å²) in [5.74, 6) is 0. The van der Waals surface area contributed by atoms with E-state index in [1.807, 2.05) is 24.3 Å². The number of nitrogens with one attached hydrogen (secondary N) is 2. The smallest absolute Gasteiger partial charge is 0.276 e.